The summed E-state index contributed by atoms with van der Waals surface area (Å²) < 4.78 is 0. The fraction of sp³-hybridized carbons (Fsp3) is 0.591. The Hall–Kier alpha value is -2.01. The van der Waals surface area contributed by atoms with Gasteiger partial charge in [0, 0.05) is 49.4 Å². The van der Waals surface area contributed by atoms with Crippen LogP contribution in [-0.2, 0) is 0 Å². The first kappa shape index (κ1) is 18.4. The van der Waals surface area contributed by atoms with Crippen LogP contribution in [0, 0.1) is 18.8 Å². The number of likely N-dealkylation sites (tertiary alicyclic amines) is 1. The lowest BCUT2D eigenvalue weighted by molar-refractivity contribution is 0.159. The van der Waals surface area contributed by atoms with E-state index < -0.39 is 0 Å². The molecule has 0 radical (unpaired) electrons. The van der Waals surface area contributed by atoms with Crippen LogP contribution in [0.3, 0.4) is 0 Å². The number of piperidine rings is 2. The molecular formula is C22H31N5. The summed E-state index contributed by atoms with van der Waals surface area (Å²) in [5, 5.41) is 0. The summed E-state index contributed by atoms with van der Waals surface area (Å²) in [7, 11) is 0. The average Bonchev–Trinajstić information content (AvgIpc) is 2.70. The van der Waals surface area contributed by atoms with Crippen LogP contribution in [0.1, 0.15) is 38.3 Å². The predicted octanol–water partition coefficient (Wildman–Crippen LogP) is 3.80. The van der Waals surface area contributed by atoms with Crippen molar-refractivity contribution in [3.05, 3.63) is 36.3 Å². The molecule has 2 aromatic rings. The summed E-state index contributed by atoms with van der Waals surface area (Å²) >= 11 is 0. The van der Waals surface area contributed by atoms with E-state index in [1.54, 1.807) is 6.20 Å². The van der Waals surface area contributed by atoms with Gasteiger partial charge in [-0.25, -0.2) is 9.97 Å². The normalized spacial score (nSPS) is 22.1. The molecule has 2 saturated heterocycles. The standard InChI is InChI=1S/C22H31N5/c1-17-7-11-26(12-8-17)15-19-5-4-10-27(16-19)21-13-18(2)24-22(25-21)20-6-3-9-23-14-20/h3,6,9,13-14,17,19H,4-5,7-8,10-12,15-16H2,1-2H3. The van der Waals surface area contributed by atoms with Gasteiger partial charge in [0.05, 0.1) is 0 Å². The molecule has 144 valence electrons. The second kappa shape index (κ2) is 8.34. The van der Waals surface area contributed by atoms with Gasteiger partial charge in [0.1, 0.15) is 5.82 Å². The van der Waals surface area contributed by atoms with Crippen LogP contribution in [0.15, 0.2) is 30.6 Å². The smallest absolute Gasteiger partial charge is 0.163 e. The zero-order valence-corrected chi connectivity index (χ0v) is 16.6. The Balaban J connectivity index is 1.46. The molecule has 0 aromatic carbocycles. The number of nitrogens with zero attached hydrogens (tertiary/aromatic N) is 5. The Kier molecular flexibility index (Phi) is 5.67. The molecule has 4 rings (SSSR count). The van der Waals surface area contributed by atoms with E-state index in [1.807, 2.05) is 18.3 Å². The molecule has 2 aromatic heterocycles. The molecule has 0 spiro atoms. The van der Waals surface area contributed by atoms with E-state index in [9.17, 15) is 0 Å². The SMILES string of the molecule is Cc1cc(N2CCCC(CN3CCC(C)CC3)C2)nc(-c2cccnc2)n1. The maximum absolute atomic E-state index is 4.88. The minimum Gasteiger partial charge on any atom is -0.356 e. The molecule has 5 nitrogen and oxygen atoms in total. The second-order valence-corrected chi connectivity index (χ2v) is 8.37. The summed E-state index contributed by atoms with van der Waals surface area (Å²) in [4.78, 5) is 18.9. The van der Waals surface area contributed by atoms with Crippen molar-refractivity contribution in [3.8, 4) is 11.4 Å². The third-order valence-corrected chi connectivity index (χ3v) is 6.00. The van der Waals surface area contributed by atoms with E-state index >= 15 is 0 Å². The lowest BCUT2D eigenvalue weighted by Crippen LogP contribution is -2.43. The van der Waals surface area contributed by atoms with Gasteiger partial charge in [0.15, 0.2) is 5.82 Å². The molecule has 0 N–H and O–H groups in total. The number of pyridine rings is 1. The molecule has 0 saturated carbocycles. The van der Waals surface area contributed by atoms with Gasteiger partial charge in [-0.15, -0.1) is 0 Å². The summed E-state index contributed by atoms with van der Waals surface area (Å²) in [6.45, 7) is 10.4. The molecule has 2 fully saturated rings. The topological polar surface area (TPSA) is 45.2 Å². The van der Waals surface area contributed by atoms with Gasteiger partial charge in [-0.05, 0) is 69.7 Å². The zero-order valence-electron chi connectivity index (χ0n) is 16.6. The van der Waals surface area contributed by atoms with Gasteiger partial charge in [0.25, 0.3) is 0 Å². The number of aryl methyl sites for hydroxylation is 1. The third-order valence-electron chi connectivity index (χ3n) is 6.00. The van der Waals surface area contributed by atoms with Crippen LogP contribution in [0.4, 0.5) is 5.82 Å². The largest absolute Gasteiger partial charge is 0.356 e. The van der Waals surface area contributed by atoms with Crippen LogP contribution in [-0.4, -0.2) is 52.6 Å². The van der Waals surface area contributed by atoms with E-state index in [1.165, 1.54) is 45.3 Å². The number of hydrogen-bond donors (Lipinski definition) is 0. The van der Waals surface area contributed by atoms with Gasteiger partial charge in [-0.3, -0.25) is 4.98 Å². The van der Waals surface area contributed by atoms with Crippen LogP contribution in [0.5, 0.6) is 0 Å². The van der Waals surface area contributed by atoms with E-state index in [-0.39, 0.29) is 0 Å². The monoisotopic (exact) mass is 365 g/mol. The first-order chi connectivity index (χ1) is 13.2. The lowest BCUT2D eigenvalue weighted by atomic mass is 9.94. The fourth-order valence-corrected chi connectivity index (χ4v) is 4.37. The minimum atomic E-state index is 0.740. The Bertz CT molecular complexity index is 740. The Morgan fingerprint density at radius 2 is 1.96 bits per heavy atom. The highest BCUT2D eigenvalue weighted by Crippen LogP contribution is 2.26. The summed E-state index contributed by atoms with van der Waals surface area (Å²) in [6.07, 6.45) is 8.93. The molecule has 5 heteroatoms. The second-order valence-electron chi connectivity index (χ2n) is 8.37. The van der Waals surface area contributed by atoms with E-state index in [4.69, 9.17) is 4.98 Å². The molecule has 0 bridgehead atoms. The molecule has 2 aliphatic heterocycles. The fourth-order valence-electron chi connectivity index (χ4n) is 4.37. The lowest BCUT2D eigenvalue weighted by Gasteiger charge is -2.38. The van der Waals surface area contributed by atoms with Gasteiger partial charge < -0.3 is 9.80 Å². The maximum Gasteiger partial charge on any atom is 0.163 e. The third kappa shape index (κ3) is 4.64. The Morgan fingerprint density at radius 3 is 2.74 bits per heavy atom. The maximum atomic E-state index is 4.88. The molecule has 2 aliphatic rings. The van der Waals surface area contributed by atoms with Gasteiger partial charge in [-0.2, -0.15) is 0 Å². The van der Waals surface area contributed by atoms with Crippen molar-refractivity contribution in [1.29, 1.82) is 0 Å². The van der Waals surface area contributed by atoms with Crippen molar-refractivity contribution in [1.82, 2.24) is 19.9 Å². The molecule has 1 atom stereocenters. The molecule has 0 aliphatic carbocycles. The van der Waals surface area contributed by atoms with Crippen LogP contribution in [0.25, 0.3) is 11.4 Å². The summed E-state index contributed by atoms with van der Waals surface area (Å²) in [5.41, 5.74) is 2.00. The van der Waals surface area contributed by atoms with Crippen molar-refractivity contribution in [2.75, 3.05) is 37.6 Å². The molecule has 4 heterocycles. The highest BCUT2D eigenvalue weighted by atomic mass is 15.2. The number of hydrogen-bond acceptors (Lipinski definition) is 5. The summed E-state index contributed by atoms with van der Waals surface area (Å²) in [5.74, 6) is 3.49. The molecule has 27 heavy (non-hydrogen) atoms. The highest BCUT2D eigenvalue weighted by Gasteiger charge is 2.25. The number of rotatable bonds is 4. The predicted molar refractivity (Wildman–Crippen MR) is 110 cm³/mol. The average molecular weight is 366 g/mol. The first-order valence-corrected chi connectivity index (χ1v) is 10.4. The van der Waals surface area contributed by atoms with Crippen LogP contribution in [0.2, 0.25) is 0 Å². The zero-order chi connectivity index (χ0) is 18.6. The molecule has 1 unspecified atom stereocenters. The Morgan fingerprint density at radius 1 is 1.11 bits per heavy atom. The van der Waals surface area contributed by atoms with E-state index in [0.717, 1.165) is 47.8 Å². The van der Waals surface area contributed by atoms with Crippen molar-refractivity contribution < 1.29 is 0 Å². The number of aromatic nitrogens is 3. The van der Waals surface area contributed by atoms with Crippen molar-refractivity contribution >= 4 is 5.82 Å². The summed E-state index contributed by atoms with van der Waals surface area (Å²) in [6, 6.07) is 6.10. The molecule has 0 amide bonds. The van der Waals surface area contributed by atoms with Gasteiger partial charge in [-0.1, -0.05) is 6.92 Å². The minimum absolute atomic E-state index is 0.740. The van der Waals surface area contributed by atoms with Crippen molar-refractivity contribution in [2.45, 2.75) is 39.5 Å². The Labute approximate surface area is 162 Å². The number of anilines is 1. The van der Waals surface area contributed by atoms with Crippen LogP contribution >= 0.6 is 0 Å². The molecular weight excluding hydrogens is 334 g/mol. The highest BCUT2D eigenvalue weighted by molar-refractivity contribution is 5.56. The van der Waals surface area contributed by atoms with E-state index in [0.29, 0.717) is 0 Å². The van der Waals surface area contributed by atoms with Gasteiger partial charge in [0.2, 0.25) is 0 Å². The van der Waals surface area contributed by atoms with Gasteiger partial charge >= 0.3 is 0 Å². The quantitative estimate of drug-likeness (QED) is 0.825. The first-order valence-electron chi connectivity index (χ1n) is 10.4. The van der Waals surface area contributed by atoms with Crippen molar-refractivity contribution in [3.63, 3.8) is 0 Å². The van der Waals surface area contributed by atoms with Crippen molar-refractivity contribution in [2.24, 2.45) is 11.8 Å². The van der Waals surface area contributed by atoms with E-state index in [2.05, 4.69) is 39.7 Å². The van der Waals surface area contributed by atoms with Crippen LogP contribution < -0.4 is 4.90 Å².